The van der Waals surface area contributed by atoms with Crippen molar-refractivity contribution in [3.63, 3.8) is 0 Å². The first-order valence-corrected chi connectivity index (χ1v) is 5.84. The molecule has 0 heterocycles. The molecule has 1 N–H and O–H groups in total. The topological polar surface area (TPSA) is 38.3 Å². The largest absolute Gasteiger partial charge is 0.380 e. The van der Waals surface area contributed by atoms with Gasteiger partial charge in [-0.05, 0) is 42.0 Å². The average Bonchev–Trinajstić information content (AvgIpc) is 2.42. The highest BCUT2D eigenvalue weighted by Crippen LogP contribution is 2.11. The second kappa shape index (κ2) is 6.11. The highest BCUT2D eigenvalue weighted by molar-refractivity contribution is 6.04. The highest BCUT2D eigenvalue weighted by atomic mass is 19.1. The Hall–Kier alpha value is -2.20. The predicted octanol–water partition coefficient (Wildman–Crippen LogP) is 3.22. The van der Waals surface area contributed by atoms with Crippen molar-refractivity contribution in [3.05, 3.63) is 65.5 Å². The van der Waals surface area contributed by atoms with Crippen LogP contribution in [0.15, 0.2) is 48.5 Å². The minimum atomic E-state index is -0.332. The Balaban J connectivity index is 2.05. The van der Waals surface area contributed by atoms with E-state index in [0.29, 0.717) is 17.9 Å². The van der Waals surface area contributed by atoms with Gasteiger partial charge < -0.3 is 10.1 Å². The molecule has 1 amide bonds. The van der Waals surface area contributed by atoms with Crippen LogP contribution in [0.4, 0.5) is 10.1 Å². The predicted molar refractivity (Wildman–Crippen MR) is 71.5 cm³/mol. The maximum Gasteiger partial charge on any atom is 0.255 e. The number of halogens is 1. The van der Waals surface area contributed by atoms with Gasteiger partial charge in [0.05, 0.1) is 6.61 Å². The van der Waals surface area contributed by atoms with Crippen LogP contribution >= 0.6 is 0 Å². The molecule has 0 aliphatic carbocycles. The highest BCUT2D eigenvalue weighted by Gasteiger charge is 2.06. The van der Waals surface area contributed by atoms with Gasteiger partial charge in [0, 0.05) is 18.4 Å². The van der Waals surface area contributed by atoms with Gasteiger partial charge in [-0.2, -0.15) is 0 Å². The molecule has 0 saturated heterocycles. The van der Waals surface area contributed by atoms with Crippen LogP contribution in [-0.4, -0.2) is 13.0 Å². The van der Waals surface area contributed by atoms with Crippen molar-refractivity contribution in [2.45, 2.75) is 6.61 Å². The first kappa shape index (κ1) is 13.2. The third-order valence-corrected chi connectivity index (χ3v) is 2.63. The molecule has 98 valence electrons. The van der Waals surface area contributed by atoms with Gasteiger partial charge >= 0.3 is 0 Å². The van der Waals surface area contributed by atoms with Crippen molar-refractivity contribution in [1.82, 2.24) is 0 Å². The van der Waals surface area contributed by atoms with E-state index >= 15 is 0 Å². The van der Waals surface area contributed by atoms with E-state index in [4.69, 9.17) is 4.74 Å². The molecule has 0 aromatic heterocycles. The summed E-state index contributed by atoms with van der Waals surface area (Å²) < 4.78 is 17.7. The minimum Gasteiger partial charge on any atom is -0.380 e. The Morgan fingerprint density at radius 1 is 1.11 bits per heavy atom. The molecule has 0 saturated carbocycles. The van der Waals surface area contributed by atoms with Crippen LogP contribution in [0.25, 0.3) is 0 Å². The number of nitrogens with one attached hydrogen (secondary N) is 1. The molecule has 0 radical (unpaired) electrons. The molecule has 4 heteroatoms. The van der Waals surface area contributed by atoms with Crippen LogP contribution < -0.4 is 5.32 Å². The third-order valence-electron chi connectivity index (χ3n) is 2.63. The fraction of sp³-hybridized carbons (Fsp3) is 0.133. The van der Waals surface area contributed by atoms with E-state index in [9.17, 15) is 9.18 Å². The van der Waals surface area contributed by atoms with Crippen LogP contribution in [0.2, 0.25) is 0 Å². The van der Waals surface area contributed by atoms with Crippen molar-refractivity contribution in [2.75, 3.05) is 12.4 Å². The Morgan fingerprint density at radius 3 is 2.32 bits per heavy atom. The lowest BCUT2D eigenvalue weighted by molar-refractivity contribution is 0.102. The molecular formula is C15H14FNO2. The number of methoxy groups -OCH3 is 1. The van der Waals surface area contributed by atoms with Crippen molar-refractivity contribution in [3.8, 4) is 0 Å². The molecule has 0 fully saturated rings. The first-order valence-electron chi connectivity index (χ1n) is 5.84. The molecule has 0 unspecified atom stereocenters. The SMILES string of the molecule is COCc1ccc(C(=O)Nc2ccc(F)cc2)cc1. The maximum atomic E-state index is 12.7. The Kier molecular flexibility index (Phi) is 4.26. The summed E-state index contributed by atoms with van der Waals surface area (Å²) in [6.07, 6.45) is 0. The molecule has 0 spiro atoms. The van der Waals surface area contributed by atoms with E-state index in [1.54, 1.807) is 19.2 Å². The summed E-state index contributed by atoms with van der Waals surface area (Å²) in [5.74, 6) is -0.558. The Bertz CT molecular complexity index is 549. The number of hydrogen-bond donors (Lipinski definition) is 1. The number of carbonyl (C=O) groups is 1. The quantitative estimate of drug-likeness (QED) is 0.915. The molecule has 0 aliphatic heterocycles. The second-order valence-corrected chi connectivity index (χ2v) is 4.09. The summed E-state index contributed by atoms with van der Waals surface area (Å²) in [4.78, 5) is 11.9. The summed E-state index contributed by atoms with van der Waals surface area (Å²) in [6, 6.07) is 12.8. The molecule has 3 nitrogen and oxygen atoms in total. The summed E-state index contributed by atoms with van der Waals surface area (Å²) >= 11 is 0. The standard InChI is InChI=1S/C15H14FNO2/c1-19-10-11-2-4-12(5-3-11)15(18)17-14-8-6-13(16)7-9-14/h2-9H,10H2,1H3,(H,17,18). The van der Waals surface area contributed by atoms with Gasteiger partial charge in [-0.3, -0.25) is 4.79 Å². The van der Waals surface area contributed by atoms with Crippen LogP contribution in [0.5, 0.6) is 0 Å². The van der Waals surface area contributed by atoms with Gasteiger partial charge in [-0.1, -0.05) is 12.1 Å². The van der Waals surface area contributed by atoms with Gasteiger partial charge in [-0.15, -0.1) is 0 Å². The van der Waals surface area contributed by atoms with Crippen LogP contribution in [0.1, 0.15) is 15.9 Å². The molecule has 2 rings (SSSR count). The Labute approximate surface area is 111 Å². The van der Waals surface area contributed by atoms with Gasteiger partial charge in [0.15, 0.2) is 0 Å². The smallest absolute Gasteiger partial charge is 0.255 e. The minimum absolute atomic E-state index is 0.226. The van der Waals surface area contributed by atoms with E-state index in [1.807, 2.05) is 12.1 Å². The molecule has 2 aromatic rings. The summed E-state index contributed by atoms with van der Waals surface area (Å²) in [6.45, 7) is 0.514. The molecule has 0 atom stereocenters. The number of benzene rings is 2. The fourth-order valence-corrected chi connectivity index (χ4v) is 1.66. The number of anilines is 1. The normalized spacial score (nSPS) is 10.2. The fourth-order valence-electron chi connectivity index (χ4n) is 1.66. The molecule has 19 heavy (non-hydrogen) atoms. The molecule has 2 aromatic carbocycles. The first-order chi connectivity index (χ1) is 9.19. The zero-order valence-corrected chi connectivity index (χ0v) is 10.5. The lowest BCUT2D eigenvalue weighted by atomic mass is 10.1. The van der Waals surface area contributed by atoms with Gasteiger partial charge in [-0.25, -0.2) is 4.39 Å². The monoisotopic (exact) mass is 259 g/mol. The van der Waals surface area contributed by atoms with Crippen LogP contribution in [-0.2, 0) is 11.3 Å². The van der Waals surface area contributed by atoms with Crippen molar-refractivity contribution in [1.29, 1.82) is 0 Å². The molecular weight excluding hydrogens is 245 g/mol. The number of amides is 1. The molecule has 0 bridgehead atoms. The lowest BCUT2D eigenvalue weighted by Crippen LogP contribution is -2.11. The summed E-state index contributed by atoms with van der Waals surface area (Å²) in [5.41, 5.74) is 2.11. The van der Waals surface area contributed by atoms with Gasteiger partial charge in [0.25, 0.3) is 5.91 Å². The van der Waals surface area contributed by atoms with Gasteiger partial charge in [0.1, 0.15) is 5.82 Å². The van der Waals surface area contributed by atoms with Crippen molar-refractivity contribution >= 4 is 11.6 Å². The maximum absolute atomic E-state index is 12.7. The zero-order chi connectivity index (χ0) is 13.7. The van der Waals surface area contributed by atoms with E-state index in [1.165, 1.54) is 24.3 Å². The lowest BCUT2D eigenvalue weighted by Gasteiger charge is -2.06. The average molecular weight is 259 g/mol. The molecule has 0 aliphatic rings. The van der Waals surface area contributed by atoms with Crippen LogP contribution in [0.3, 0.4) is 0 Å². The van der Waals surface area contributed by atoms with E-state index in [2.05, 4.69) is 5.32 Å². The van der Waals surface area contributed by atoms with Gasteiger partial charge in [0.2, 0.25) is 0 Å². The van der Waals surface area contributed by atoms with E-state index in [0.717, 1.165) is 5.56 Å². The number of ether oxygens (including phenoxy) is 1. The second-order valence-electron chi connectivity index (χ2n) is 4.09. The number of carbonyl (C=O) groups excluding carboxylic acids is 1. The zero-order valence-electron chi connectivity index (χ0n) is 10.5. The van der Waals surface area contributed by atoms with E-state index < -0.39 is 0 Å². The summed E-state index contributed by atoms with van der Waals surface area (Å²) in [5, 5.41) is 2.70. The summed E-state index contributed by atoms with van der Waals surface area (Å²) in [7, 11) is 1.62. The van der Waals surface area contributed by atoms with Crippen molar-refractivity contribution in [2.24, 2.45) is 0 Å². The third kappa shape index (κ3) is 3.63. The number of rotatable bonds is 4. The van der Waals surface area contributed by atoms with Crippen molar-refractivity contribution < 1.29 is 13.9 Å². The van der Waals surface area contributed by atoms with Crippen LogP contribution in [0, 0.1) is 5.82 Å². The number of hydrogen-bond acceptors (Lipinski definition) is 2. The Morgan fingerprint density at radius 2 is 1.74 bits per heavy atom. The van der Waals surface area contributed by atoms with E-state index in [-0.39, 0.29) is 11.7 Å².